The van der Waals surface area contributed by atoms with Crippen LogP contribution in [0.5, 0.6) is 0 Å². The van der Waals surface area contributed by atoms with Crippen LogP contribution in [0.15, 0.2) is 70.1 Å². The third-order valence-corrected chi connectivity index (χ3v) is 5.25. The molecule has 0 fully saturated rings. The molecule has 1 aliphatic heterocycles. The number of carbonyl (C=O) groups is 2. The first-order valence-electron chi connectivity index (χ1n) is 8.52. The summed E-state index contributed by atoms with van der Waals surface area (Å²) in [4.78, 5) is 27.8. The van der Waals surface area contributed by atoms with Crippen LogP contribution in [0.3, 0.4) is 0 Å². The summed E-state index contributed by atoms with van der Waals surface area (Å²) in [6.07, 6.45) is 3.66. The van der Waals surface area contributed by atoms with Crippen LogP contribution >= 0.6 is 11.8 Å². The van der Waals surface area contributed by atoms with Gasteiger partial charge in [0.25, 0.3) is 11.8 Å². The van der Waals surface area contributed by atoms with Crippen molar-refractivity contribution in [1.29, 1.82) is 5.26 Å². The summed E-state index contributed by atoms with van der Waals surface area (Å²) in [7, 11) is 0. The van der Waals surface area contributed by atoms with E-state index < -0.39 is 17.6 Å². The second-order valence-electron chi connectivity index (χ2n) is 6.27. The third kappa shape index (κ3) is 3.90. The molecule has 0 radical (unpaired) electrons. The molecule has 2 amide bonds. The van der Waals surface area contributed by atoms with Gasteiger partial charge in [-0.05, 0) is 60.2 Å². The zero-order chi connectivity index (χ0) is 20.3. The number of amides is 2. The van der Waals surface area contributed by atoms with Crippen LogP contribution in [0.2, 0.25) is 0 Å². The molecule has 0 aromatic heterocycles. The van der Waals surface area contributed by atoms with Crippen LogP contribution in [0.4, 0.5) is 4.39 Å². The fourth-order valence-corrected chi connectivity index (χ4v) is 3.32. The largest absolute Gasteiger partial charge is 0.271 e. The molecule has 2 aromatic rings. The Labute approximate surface area is 167 Å². The molecule has 2 aromatic carbocycles. The van der Waals surface area contributed by atoms with E-state index in [1.807, 2.05) is 36.6 Å². The Bertz CT molecular complexity index is 1030. The highest BCUT2D eigenvalue weighted by atomic mass is 32.2. The first-order chi connectivity index (χ1) is 13.4. The number of halogens is 1. The first-order valence-corrected chi connectivity index (χ1v) is 9.75. The zero-order valence-corrected chi connectivity index (χ0v) is 16.2. The molecule has 0 aliphatic carbocycles. The molecule has 6 heteroatoms. The lowest BCUT2D eigenvalue weighted by molar-refractivity contribution is -0.141. The Morgan fingerprint density at radius 1 is 1.07 bits per heavy atom. The number of thioether (sulfide) groups is 1. The fourth-order valence-electron chi connectivity index (χ4n) is 2.91. The van der Waals surface area contributed by atoms with Crippen LogP contribution in [0.1, 0.15) is 18.1 Å². The Balaban J connectivity index is 2.01. The molecule has 1 heterocycles. The van der Waals surface area contributed by atoms with Crippen molar-refractivity contribution in [3.63, 3.8) is 0 Å². The summed E-state index contributed by atoms with van der Waals surface area (Å²) in [6, 6.07) is 15.1. The lowest BCUT2D eigenvalue weighted by Gasteiger charge is -2.27. The van der Waals surface area contributed by atoms with Crippen molar-refractivity contribution >= 4 is 29.7 Å². The van der Waals surface area contributed by atoms with Crippen LogP contribution < -0.4 is 0 Å². The Hall–Kier alpha value is -3.17. The molecular formula is C22H17FN2O2S. The van der Waals surface area contributed by atoms with Gasteiger partial charge in [0, 0.05) is 10.5 Å². The zero-order valence-electron chi connectivity index (χ0n) is 15.4. The second kappa shape index (κ2) is 8.24. The SMILES string of the molecule is CSc1ccc(/C=C2/C(=O)N(Cc3ccc(F)cc3)C(=O)C(C#N)=C2C)cc1. The standard InChI is InChI=1S/C22H17FN2O2S/c1-14-19(11-15-5-9-18(28-2)10-6-15)21(26)25(22(27)20(14)12-24)13-16-3-7-17(23)8-4-16/h3-11H,13H2,1-2H3/b19-11+. The van der Waals surface area contributed by atoms with Gasteiger partial charge in [0.1, 0.15) is 17.5 Å². The summed E-state index contributed by atoms with van der Waals surface area (Å²) in [6.45, 7) is 1.57. The van der Waals surface area contributed by atoms with Crippen molar-refractivity contribution in [2.75, 3.05) is 6.26 Å². The van der Waals surface area contributed by atoms with Crippen molar-refractivity contribution in [3.05, 3.63) is 82.2 Å². The van der Waals surface area contributed by atoms with Crippen LogP contribution in [0.25, 0.3) is 6.08 Å². The quantitative estimate of drug-likeness (QED) is 0.441. The number of hydrogen-bond acceptors (Lipinski definition) is 4. The van der Waals surface area contributed by atoms with E-state index in [4.69, 9.17) is 0 Å². The summed E-state index contributed by atoms with van der Waals surface area (Å²) in [5.74, 6) is -1.51. The number of imide groups is 1. The van der Waals surface area contributed by atoms with E-state index in [0.29, 0.717) is 16.7 Å². The van der Waals surface area contributed by atoms with E-state index in [1.165, 1.54) is 24.3 Å². The molecule has 0 saturated heterocycles. The Kier molecular flexibility index (Phi) is 5.76. The summed E-state index contributed by atoms with van der Waals surface area (Å²) in [5, 5.41) is 9.44. The highest BCUT2D eigenvalue weighted by molar-refractivity contribution is 7.98. The number of hydrogen-bond donors (Lipinski definition) is 0. The van der Waals surface area contributed by atoms with Crippen molar-refractivity contribution in [1.82, 2.24) is 4.90 Å². The van der Waals surface area contributed by atoms with E-state index >= 15 is 0 Å². The monoisotopic (exact) mass is 392 g/mol. The van der Waals surface area contributed by atoms with E-state index in [2.05, 4.69) is 0 Å². The maximum absolute atomic E-state index is 13.1. The molecule has 140 valence electrons. The van der Waals surface area contributed by atoms with Gasteiger partial charge in [-0.2, -0.15) is 5.26 Å². The van der Waals surface area contributed by atoms with Crippen molar-refractivity contribution in [2.24, 2.45) is 0 Å². The molecule has 4 nitrogen and oxygen atoms in total. The van der Waals surface area contributed by atoms with Gasteiger partial charge in [-0.15, -0.1) is 11.8 Å². The minimum Gasteiger partial charge on any atom is -0.269 e. The number of nitrogens with zero attached hydrogens (tertiary/aromatic N) is 2. The predicted molar refractivity (Wildman–Crippen MR) is 106 cm³/mol. The average molecular weight is 392 g/mol. The average Bonchev–Trinajstić information content (AvgIpc) is 2.71. The van der Waals surface area contributed by atoms with Gasteiger partial charge in [-0.25, -0.2) is 4.39 Å². The lowest BCUT2D eigenvalue weighted by Crippen LogP contribution is -2.42. The number of carbonyl (C=O) groups excluding carboxylic acids is 2. The van der Waals surface area contributed by atoms with E-state index in [-0.39, 0.29) is 12.1 Å². The number of rotatable bonds is 4. The van der Waals surface area contributed by atoms with E-state index in [1.54, 1.807) is 24.8 Å². The fraction of sp³-hybridized carbons (Fsp3) is 0.136. The number of nitriles is 1. The minimum atomic E-state index is -0.635. The van der Waals surface area contributed by atoms with Gasteiger partial charge < -0.3 is 0 Å². The Morgan fingerprint density at radius 3 is 2.29 bits per heavy atom. The van der Waals surface area contributed by atoms with Crippen molar-refractivity contribution in [2.45, 2.75) is 18.4 Å². The smallest absolute Gasteiger partial charge is 0.269 e. The van der Waals surface area contributed by atoms with Crippen LogP contribution in [0, 0.1) is 17.1 Å². The van der Waals surface area contributed by atoms with Gasteiger partial charge in [-0.3, -0.25) is 14.5 Å². The maximum Gasteiger partial charge on any atom is 0.271 e. The van der Waals surface area contributed by atoms with Crippen LogP contribution in [-0.4, -0.2) is 23.0 Å². The molecule has 3 rings (SSSR count). The van der Waals surface area contributed by atoms with Crippen LogP contribution in [-0.2, 0) is 16.1 Å². The third-order valence-electron chi connectivity index (χ3n) is 4.51. The van der Waals surface area contributed by atoms with Gasteiger partial charge >= 0.3 is 0 Å². The minimum absolute atomic E-state index is 0.0286. The molecule has 0 N–H and O–H groups in total. The predicted octanol–water partition coefficient (Wildman–Crippen LogP) is 4.34. The molecule has 0 atom stereocenters. The summed E-state index contributed by atoms with van der Waals surface area (Å²) in [5.41, 5.74) is 2.00. The Morgan fingerprint density at radius 2 is 1.71 bits per heavy atom. The highest BCUT2D eigenvalue weighted by Crippen LogP contribution is 2.28. The molecule has 28 heavy (non-hydrogen) atoms. The van der Waals surface area contributed by atoms with E-state index in [0.717, 1.165) is 15.4 Å². The highest BCUT2D eigenvalue weighted by Gasteiger charge is 2.35. The number of benzene rings is 2. The van der Waals surface area contributed by atoms with Gasteiger partial charge in [-0.1, -0.05) is 24.3 Å². The molecule has 0 bridgehead atoms. The van der Waals surface area contributed by atoms with Gasteiger partial charge in [0.15, 0.2) is 0 Å². The second-order valence-corrected chi connectivity index (χ2v) is 7.15. The van der Waals surface area contributed by atoms with Crippen molar-refractivity contribution in [3.8, 4) is 6.07 Å². The lowest BCUT2D eigenvalue weighted by atomic mass is 9.93. The van der Waals surface area contributed by atoms with Gasteiger partial charge in [0.2, 0.25) is 0 Å². The van der Waals surface area contributed by atoms with Gasteiger partial charge in [0.05, 0.1) is 6.54 Å². The topological polar surface area (TPSA) is 61.2 Å². The van der Waals surface area contributed by atoms with Crippen molar-refractivity contribution < 1.29 is 14.0 Å². The molecule has 1 aliphatic rings. The summed E-state index contributed by atoms with van der Waals surface area (Å²) >= 11 is 1.61. The molecular weight excluding hydrogens is 375 g/mol. The molecule has 0 unspecified atom stereocenters. The normalized spacial score (nSPS) is 15.9. The summed E-state index contributed by atoms with van der Waals surface area (Å²) < 4.78 is 13.1. The first kappa shape index (κ1) is 19.6. The molecule has 0 spiro atoms. The maximum atomic E-state index is 13.1. The van der Waals surface area contributed by atoms with E-state index in [9.17, 15) is 19.2 Å². The molecule has 0 saturated carbocycles.